The maximum Gasteiger partial charge on any atom is 0.245 e. The summed E-state index contributed by atoms with van der Waals surface area (Å²) < 4.78 is 1.92. The number of rotatable bonds is 3. The van der Waals surface area contributed by atoms with Crippen LogP contribution in [0.15, 0.2) is 18.2 Å². The van der Waals surface area contributed by atoms with Crippen LogP contribution >= 0.6 is 0 Å². The van der Waals surface area contributed by atoms with E-state index in [-0.39, 0.29) is 0 Å². The van der Waals surface area contributed by atoms with Gasteiger partial charge in [-0.2, -0.15) is 4.98 Å². The lowest BCUT2D eigenvalue weighted by atomic mass is 9.94. The molecule has 5 nitrogen and oxygen atoms in total. The zero-order chi connectivity index (χ0) is 13.2. The molecule has 0 amide bonds. The zero-order valence-electron chi connectivity index (χ0n) is 11.4. The molecule has 0 unspecified atom stereocenters. The lowest BCUT2D eigenvalue weighted by Gasteiger charge is -2.30. The molecule has 102 valence electrons. The molecule has 0 radical (unpaired) electrons. The largest absolute Gasteiger partial charge is 0.339 e. The highest BCUT2D eigenvalue weighted by Gasteiger charge is 2.21. The molecule has 2 aromatic rings. The Balaban J connectivity index is 1.77. The van der Waals surface area contributed by atoms with Crippen molar-refractivity contribution in [3.63, 3.8) is 0 Å². The van der Waals surface area contributed by atoms with Gasteiger partial charge in [0.1, 0.15) is 0 Å². The van der Waals surface area contributed by atoms with Gasteiger partial charge in [0, 0.05) is 18.8 Å². The Morgan fingerprint density at radius 3 is 2.79 bits per heavy atom. The monoisotopic (exact) mass is 259 g/mol. The molecule has 0 aromatic carbocycles. The molecule has 1 aliphatic rings. The fourth-order valence-electron chi connectivity index (χ4n) is 2.82. The highest BCUT2D eigenvalue weighted by atomic mass is 15.4. The lowest BCUT2D eigenvalue weighted by molar-refractivity contribution is 0.384. The molecule has 5 heteroatoms. The summed E-state index contributed by atoms with van der Waals surface area (Å²) in [5.41, 5.74) is 7.68. The molecule has 0 saturated carbocycles. The van der Waals surface area contributed by atoms with Gasteiger partial charge in [-0.15, -0.1) is 5.10 Å². The predicted molar refractivity (Wildman–Crippen MR) is 76.3 cm³/mol. The Labute approximate surface area is 113 Å². The van der Waals surface area contributed by atoms with Crippen molar-refractivity contribution in [1.82, 2.24) is 14.6 Å². The van der Waals surface area contributed by atoms with Gasteiger partial charge in [-0.1, -0.05) is 6.07 Å². The van der Waals surface area contributed by atoms with Crippen molar-refractivity contribution in [3.8, 4) is 0 Å². The summed E-state index contributed by atoms with van der Waals surface area (Å²) in [6.07, 6.45) is 3.54. The maximum absolute atomic E-state index is 5.63. The highest BCUT2D eigenvalue weighted by molar-refractivity contribution is 5.45. The van der Waals surface area contributed by atoms with Gasteiger partial charge in [-0.05, 0) is 50.8 Å². The fourth-order valence-corrected chi connectivity index (χ4v) is 2.82. The van der Waals surface area contributed by atoms with Gasteiger partial charge in [0.25, 0.3) is 0 Å². The second-order valence-electron chi connectivity index (χ2n) is 5.36. The van der Waals surface area contributed by atoms with Crippen molar-refractivity contribution in [1.29, 1.82) is 0 Å². The first kappa shape index (κ1) is 12.4. The molecule has 2 aromatic heterocycles. The molecule has 0 spiro atoms. The minimum absolute atomic E-state index is 0.778. The third kappa shape index (κ3) is 2.42. The molecule has 1 aliphatic heterocycles. The van der Waals surface area contributed by atoms with Crippen LogP contribution in [0.5, 0.6) is 0 Å². The van der Waals surface area contributed by atoms with Crippen LogP contribution in [0, 0.1) is 12.8 Å². The van der Waals surface area contributed by atoms with E-state index in [1.165, 1.54) is 12.8 Å². The van der Waals surface area contributed by atoms with Crippen molar-refractivity contribution in [2.75, 3.05) is 24.5 Å². The highest BCUT2D eigenvalue weighted by Crippen LogP contribution is 2.23. The van der Waals surface area contributed by atoms with E-state index in [1.807, 2.05) is 16.6 Å². The van der Waals surface area contributed by atoms with Crippen molar-refractivity contribution in [2.24, 2.45) is 11.7 Å². The Bertz CT molecular complexity index is 554. The van der Waals surface area contributed by atoms with Crippen molar-refractivity contribution < 1.29 is 0 Å². The van der Waals surface area contributed by atoms with E-state index in [0.29, 0.717) is 0 Å². The normalized spacial score (nSPS) is 17.3. The van der Waals surface area contributed by atoms with E-state index in [9.17, 15) is 0 Å². The van der Waals surface area contributed by atoms with Crippen molar-refractivity contribution >= 4 is 11.6 Å². The first-order valence-electron chi connectivity index (χ1n) is 7.05. The Hall–Kier alpha value is -1.62. The number of aromatic nitrogens is 3. The molecular formula is C14H21N5. The standard InChI is InChI=1S/C14H21N5/c1-11-3-2-4-13-16-14(17-19(11)13)18-9-6-12(5-8-15)7-10-18/h2-4,12H,5-10,15H2,1H3. The quantitative estimate of drug-likeness (QED) is 0.909. The summed E-state index contributed by atoms with van der Waals surface area (Å²) >= 11 is 0. The lowest BCUT2D eigenvalue weighted by Crippen LogP contribution is -2.35. The van der Waals surface area contributed by atoms with Crippen LogP contribution in [0.2, 0.25) is 0 Å². The number of anilines is 1. The van der Waals surface area contributed by atoms with E-state index in [2.05, 4.69) is 28.0 Å². The van der Waals surface area contributed by atoms with E-state index in [1.54, 1.807) is 0 Å². The average molecular weight is 259 g/mol. The minimum atomic E-state index is 0.778. The van der Waals surface area contributed by atoms with Gasteiger partial charge in [-0.25, -0.2) is 4.52 Å². The molecule has 3 rings (SSSR count). The van der Waals surface area contributed by atoms with Crippen LogP contribution in [-0.2, 0) is 0 Å². The third-order valence-electron chi connectivity index (χ3n) is 4.01. The molecule has 19 heavy (non-hydrogen) atoms. The van der Waals surface area contributed by atoms with Gasteiger partial charge in [0.15, 0.2) is 5.65 Å². The first-order chi connectivity index (χ1) is 9.28. The maximum atomic E-state index is 5.63. The van der Waals surface area contributed by atoms with E-state index in [0.717, 1.165) is 49.3 Å². The predicted octanol–water partition coefficient (Wildman–Crippen LogP) is 1.60. The van der Waals surface area contributed by atoms with Gasteiger partial charge in [0.2, 0.25) is 5.95 Å². The van der Waals surface area contributed by atoms with Crippen LogP contribution in [-0.4, -0.2) is 34.2 Å². The van der Waals surface area contributed by atoms with Gasteiger partial charge in [0.05, 0.1) is 0 Å². The molecule has 1 saturated heterocycles. The summed E-state index contributed by atoms with van der Waals surface area (Å²) in [7, 11) is 0. The summed E-state index contributed by atoms with van der Waals surface area (Å²) in [6.45, 7) is 4.94. The topological polar surface area (TPSA) is 59.5 Å². The SMILES string of the molecule is Cc1cccc2nc(N3CCC(CCN)CC3)nn12. The van der Waals surface area contributed by atoms with Gasteiger partial charge < -0.3 is 10.6 Å². The zero-order valence-corrected chi connectivity index (χ0v) is 11.4. The summed E-state index contributed by atoms with van der Waals surface area (Å²) in [4.78, 5) is 6.91. The smallest absolute Gasteiger partial charge is 0.245 e. The summed E-state index contributed by atoms with van der Waals surface area (Å²) in [5, 5.41) is 4.61. The molecule has 0 bridgehead atoms. The summed E-state index contributed by atoms with van der Waals surface area (Å²) in [6, 6.07) is 6.08. The van der Waals surface area contributed by atoms with E-state index in [4.69, 9.17) is 5.73 Å². The van der Waals surface area contributed by atoms with Crippen LogP contribution in [0.1, 0.15) is 25.0 Å². The number of hydrogen-bond donors (Lipinski definition) is 1. The van der Waals surface area contributed by atoms with Crippen LogP contribution in [0.25, 0.3) is 5.65 Å². The number of aryl methyl sites for hydroxylation is 1. The van der Waals surface area contributed by atoms with E-state index < -0.39 is 0 Å². The number of pyridine rings is 1. The van der Waals surface area contributed by atoms with Gasteiger partial charge >= 0.3 is 0 Å². The molecule has 2 N–H and O–H groups in total. The second-order valence-corrected chi connectivity index (χ2v) is 5.36. The minimum Gasteiger partial charge on any atom is -0.339 e. The molecule has 0 atom stereocenters. The van der Waals surface area contributed by atoms with Crippen LogP contribution < -0.4 is 10.6 Å². The number of fused-ring (bicyclic) bond motifs is 1. The molecule has 0 aliphatic carbocycles. The van der Waals surface area contributed by atoms with Crippen molar-refractivity contribution in [3.05, 3.63) is 23.9 Å². The number of nitrogens with zero attached hydrogens (tertiary/aromatic N) is 4. The third-order valence-corrected chi connectivity index (χ3v) is 4.01. The number of piperidine rings is 1. The van der Waals surface area contributed by atoms with Gasteiger partial charge in [-0.3, -0.25) is 0 Å². The second kappa shape index (κ2) is 5.17. The number of hydrogen-bond acceptors (Lipinski definition) is 4. The summed E-state index contributed by atoms with van der Waals surface area (Å²) in [5.74, 6) is 1.64. The Morgan fingerprint density at radius 2 is 2.11 bits per heavy atom. The Morgan fingerprint density at radius 1 is 1.32 bits per heavy atom. The van der Waals surface area contributed by atoms with Crippen molar-refractivity contribution in [2.45, 2.75) is 26.2 Å². The molecule has 1 fully saturated rings. The average Bonchev–Trinajstić information content (AvgIpc) is 2.85. The van der Waals surface area contributed by atoms with Crippen LogP contribution in [0.3, 0.4) is 0 Å². The van der Waals surface area contributed by atoms with E-state index >= 15 is 0 Å². The van der Waals surface area contributed by atoms with Crippen LogP contribution in [0.4, 0.5) is 5.95 Å². The fraction of sp³-hybridized carbons (Fsp3) is 0.571. The molecule has 3 heterocycles. The molecular weight excluding hydrogens is 238 g/mol. The Kier molecular flexibility index (Phi) is 3.38. The first-order valence-corrected chi connectivity index (χ1v) is 7.05. The number of nitrogens with two attached hydrogens (primary N) is 1.